The Morgan fingerprint density at radius 2 is 1.61 bits per heavy atom. The zero-order chi connectivity index (χ0) is 37.9. The molecule has 2 aliphatic heterocycles. The quantitative estimate of drug-likeness (QED) is 0.328. The third-order valence-corrected chi connectivity index (χ3v) is 15.8. The summed E-state index contributed by atoms with van der Waals surface area (Å²) in [6, 6.07) is 13.8. The Morgan fingerprint density at radius 3 is 2.44 bits per heavy atom. The highest BCUT2D eigenvalue weighted by atomic mass is 16.5. The van der Waals surface area contributed by atoms with Gasteiger partial charge in [-0.25, -0.2) is 0 Å². The van der Waals surface area contributed by atoms with Crippen molar-refractivity contribution in [3.63, 3.8) is 0 Å². The minimum absolute atomic E-state index is 0.0733. The minimum atomic E-state index is -0.111. The normalized spacial score (nSPS) is 33.0. The van der Waals surface area contributed by atoms with Gasteiger partial charge in [0.05, 0.1) is 11.4 Å². The molecule has 3 nitrogen and oxygen atoms in total. The second-order valence-corrected chi connectivity index (χ2v) is 18.6. The minimum Gasteiger partial charge on any atom is -0.453 e. The Hall–Kier alpha value is -5.28. The third-order valence-electron chi connectivity index (χ3n) is 15.8. The molecule has 12 rings (SSSR count). The molecule has 8 aliphatic carbocycles. The molecule has 6 atom stereocenters. The highest BCUT2D eigenvalue weighted by Crippen LogP contribution is 2.67. The van der Waals surface area contributed by atoms with Crippen molar-refractivity contribution in [1.29, 1.82) is 0 Å². The van der Waals surface area contributed by atoms with Crippen LogP contribution in [0.25, 0.3) is 5.57 Å². The Kier molecular flexibility index (Phi) is 7.48. The molecule has 2 N–H and O–H groups in total. The van der Waals surface area contributed by atoms with Gasteiger partial charge in [-0.3, -0.25) is 0 Å². The Bertz CT molecular complexity index is 2480. The van der Waals surface area contributed by atoms with Gasteiger partial charge in [-0.1, -0.05) is 135 Å². The van der Waals surface area contributed by atoms with Gasteiger partial charge in [0, 0.05) is 28.3 Å². The first-order valence-corrected chi connectivity index (χ1v) is 21.8. The van der Waals surface area contributed by atoms with E-state index in [1.165, 1.54) is 56.1 Å². The predicted molar refractivity (Wildman–Crippen MR) is 234 cm³/mol. The number of allylic oxidation sites excluding steroid dienone is 23. The van der Waals surface area contributed by atoms with E-state index in [4.69, 9.17) is 4.74 Å². The second-order valence-electron chi connectivity index (χ2n) is 18.6. The van der Waals surface area contributed by atoms with Crippen molar-refractivity contribution < 1.29 is 4.74 Å². The van der Waals surface area contributed by atoms with Crippen molar-refractivity contribution in [2.75, 3.05) is 10.6 Å². The summed E-state index contributed by atoms with van der Waals surface area (Å²) in [4.78, 5) is 0. The van der Waals surface area contributed by atoms with Crippen molar-refractivity contribution in [3.05, 3.63) is 190 Å². The molecule has 10 aliphatic rings. The van der Waals surface area contributed by atoms with Crippen LogP contribution in [0, 0.1) is 40.9 Å². The van der Waals surface area contributed by atoms with E-state index in [2.05, 4.69) is 158 Å². The SMILES string of the molecule is CC1(C)C2=CC(C3=CC=C4c5c(ccc6c5OC5=C(CCC=C5)N6)C(C5C=CC=CC5)(C5C=CC=CC5)C4C3)=CCC2C2C3=C(C=CC21)CCc1ccccc1N3. The van der Waals surface area contributed by atoms with Crippen LogP contribution >= 0.6 is 0 Å². The molecule has 6 unspecified atom stereocenters. The molecule has 2 aromatic rings. The van der Waals surface area contributed by atoms with Crippen LogP contribution < -0.4 is 15.4 Å². The number of hydrogen-bond donors (Lipinski definition) is 2. The summed E-state index contributed by atoms with van der Waals surface area (Å²) in [6.07, 6.45) is 47.2. The molecule has 1 fully saturated rings. The van der Waals surface area contributed by atoms with E-state index in [9.17, 15) is 0 Å². The summed E-state index contributed by atoms with van der Waals surface area (Å²) >= 11 is 0. The number of nitrogens with one attached hydrogen (secondary N) is 2. The molecular formula is C54H52N2O. The monoisotopic (exact) mass is 744 g/mol. The smallest absolute Gasteiger partial charge is 0.158 e. The zero-order valence-electron chi connectivity index (χ0n) is 33.2. The van der Waals surface area contributed by atoms with Crippen LogP contribution in [0.2, 0.25) is 0 Å². The lowest BCUT2D eigenvalue weighted by molar-refractivity contribution is 0.183. The maximum atomic E-state index is 6.99. The molecule has 0 bridgehead atoms. The van der Waals surface area contributed by atoms with Crippen molar-refractivity contribution in [3.8, 4) is 5.75 Å². The van der Waals surface area contributed by atoms with Gasteiger partial charge in [0.2, 0.25) is 0 Å². The van der Waals surface area contributed by atoms with Gasteiger partial charge < -0.3 is 15.4 Å². The van der Waals surface area contributed by atoms with Crippen molar-refractivity contribution >= 4 is 16.9 Å². The standard InChI is InChI=1S/C54H52N2O/c1-53(2)41-28-25-34-22-21-33-13-9-10-18-45(33)56-51(34)49(41)39-26-23-35(31-43(39)53)36-24-27-40-44(32-36)54(37-14-5-3-6-15-37,38-16-7-4-8-17-38)42-29-30-47-52(50(40)42)57-48-20-12-11-19-46(48)55-47/h3-10,12-14,16,18,20,23-25,27-31,37-39,41,44,49,55-56H,11,15,17,19,21-22,26,32H2,1-2H3. The predicted octanol–water partition coefficient (Wildman–Crippen LogP) is 12.9. The first-order chi connectivity index (χ1) is 28.0. The first-order valence-electron chi connectivity index (χ1n) is 21.8. The van der Waals surface area contributed by atoms with E-state index in [1.54, 1.807) is 5.57 Å². The van der Waals surface area contributed by atoms with Crippen LogP contribution in [0.3, 0.4) is 0 Å². The average Bonchev–Trinajstić information content (AvgIpc) is 3.58. The van der Waals surface area contributed by atoms with Gasteiger partial charge in [0.1, 0.15) is 5.76 Å². The molecule has 0 radical (unpaired) electrons. The van der Waals surface area contributed by atoms with Crippen LogP contribution in [0.1, 0.15) is 75.5 Å². The van der Waals surface area contributed by atoms with E-state index in [1.807, 2.05) is 0 Å². The Balaban J connectivity index is 0.961. The summed E-state index contributed by atoms with van der Waals surface area (Å²) in [6.45, 7) is 5.05. The molecule has 0 saturated heterocycles. The fourth-order valence-corrected chi connectivity index (χ4v) is 13.2. The number of hydrogen-bond acceptors (Lipinski definition) is 3. The number of benzene rings is 2. The van der Waals surface area contributed by atoms with Crippen LogP contribution in [-0.2, 0) is 11.8 Å². The van der Waals surface area contributed by atoms with Gasteiger partial charge >= 0.3 is 0 Å². The van der Waals surface area contributed by atoms with Crippen molar-refractivity contribution in [2.45, 2.75) is 70.6 Å². The number of fused-ring (bicyclic) bond motifs is 10. The topological polar surface area (TPSA) is 33.3 Å². The lowest BCUT2D eigenvalue weighted by Crippen LogP contribution is -2.46. The second kappa shape index (κ2) is 12.6. The third kappa shape index (κ3) is 4.84. The highest BCUT2D eigenvalue weighted by Gasteiger charge is 2.59. The molecular weight excluding hydrogens is 693 g/mol. The fraction of sp³-hybridized carbons (Fsp3) is 0.333. The van der Waals surface area contributed by atoms with Crippen LogP contribution in [-0.4, -0.2) is 0 Å². The van der Waals surface area contributed by atoms with Crippen LogP contribution in [0.4, 0.5) is 11.4 Å². The van der Waals surface area contributed by atoms with Gasteiger partial charge in [-0.2, -0.15) is 0 Å². The largest absolute Gasteiger partial charge is 0.453 e. The molecule has 284 valence electrons. The number of para-hydroxylation sites is 1. The van der Waals surface area contributed by atoms with Gasteiger partial charge in [-0.15, -0.1) is 0 Å². The Morgan fingerprint density at radius 1 is 0.772 bits per heavy atom. The lowest BCUT2D eigenvalue weighted by Gasteiger charge is -2.49. The van der Waals surface area contributed by atoms with E-state index in [0.29, 0.717) is 35.5 Å². The summed E-state index contributed by atoms with van der Waals surface area (Å²) in [7, 11) is 0. The molecule has 0 aromatic heterocycles. The van der Waals surface area contributed by atoms with E-state index in [0.717, 1.165) is 68.6 Å². The number of rotatable bonds is 3. The summed E-state index contributed by atoms with van der Waals surface area (Å²) in [5.41, 5.74) is 16.9. The summed E-state index contributed by atoms with van der Waals surface area (Å²) in [5, 5.41) is 7.87. The highest BCUT2D eigenvalue weighted by molar-refractivity contribution is 5.89. The van der Waals surface area contributed by atoms with Crippen molar-refractivity contribution in [2.24, 2.45) is 40.9 Å². The van der Waals surface area contributed by atoms with Crippen molar-refractivity contribution in [1.82, 2.24) is 0 Å². The van der Waals surface area contributed by atoms with Crippen LogP contribution in [0.5, 0.6) is 5.75 Å². The van der Waals surface area contributed by atoms with E-state index < -0.39 is 0 Å². The zero-order valence-corrected chi connectivity index (χ0v) is 33.2. The maximum absolute atomic E-state index is 6.99. The molecule has 0 amide bonds. The summed E-state index contributed by atoms with van der Waals surface area (Å²) in [5.74, 6) is 4.55. The van der Waals surface area contributed by atoms with E-state index >= 15 is 0 Å². The van der Waals surface area contributed by atoms with E-state index in [-0.39, 0.29) is 10.8 Å². The first kappa shape index (κ1) is 33.8. The van der Waals surface area contributed by atoms with Gasteiger partial charge in [-0.05, 0) is 138 Å². The average molecular weight is 745 g/mol. The molecule has 1 saturated carbocycles. The summed E-state index contributed by atoms with van der Waals surface area (Å²) < 4.78 is 6.99. The Labute approximate surface area is 338 Å². The van der Waals surface area contributed by atoms with Crippen LogP contribution in [0.15, 0.2) is 173 Å². The molecule has 3 heteroatoms. The molecule has 2 heterocycles. The number of aryl methyl sites for hydroxylation is 1. The maximum Gasteiger partial charge on any atom is 0.158 e. The van der Waals surface area contributed by atoms with Gasteiger partial charge in [0.25, 0.3) is 0 Å². The molecule has 2 aromatic carbocycles. The number of anilines is 2. The molecule has 57 heavy (non-hydrogen) atoms. The van der Waals surface area contributed by atoms with Gasteiger partial charge in [0.15, 0.2) is 5.75 Å². The number of ether oxygens (including phenoxy) is 1. The molecule has 0 spiro atoms. The fourth-order valence-electron chi connectivity index (χ4n) is 13.2. The lowest BCUT2D eigenvalue weighted by atomic mass is 9.54.